The molecule has 1 aliphatic rings. The van der Waals surface area contributed by atoms with Gasteiger partial charge in [0.25, 0.3) is 0 Å². The van der Waals surface area contributed by atoms with Gasteiger partial charge in [-0.15, -0.1) is 23.2 Å². The fourth-order valence-corrected chi connectivity index (χ4v) is 3.87. The Morgan fingerprint density at radius 2 is 1.55 bits per heavy atom. The molecule has 2 rings (SSSR count). The molecule has 1 unspecified atom stereocenters. The van der Waals surface area contributed by atoms with Crippen LogP contribution in [0.4, 0.5) is 11.4 Å². The summed E-state index contributed by atoms with van der Waals surface area (Å²) >= 11 is 36.0. The van der Waals surface area contributed by atoms with Gasteiger partial charge in [-0.2, -0.15) is 0 Å². The minimum Gasteiger partial charge on any atom is -0.626 e. The fraction of sp³-hybridized carbons (Fsp3) is 0.455. The number of alkyl halides is 2. The third-order valence-electron chi connectivity index (χ3n) is 3.14. The summed E-state index contributed by atoms with van der Waals surface area (Å²) in [5.74, 6) is 0.528. The van der Waals surface area contributed by atoms with Gasteiger partial charge in [0, 0.05) is 12.4 Å². The molecule has 1 aliphatic heterocycles. The first kappa shape index (κ1) is 17.0. The predicted molar refractivity (Wildman–Crippen MR) is 90.2 cm³/mol. The van der Waals surface area contributed by atoms with Crippen molar-refractivity contribution in [2.75, 3.05) is 36.4 Å². The van der Waals surface area contributed by atoms with Gasteiger partial charge in [-0.25, -0.2) is 0 Å². The molecule has 3 nitrogen and oxygen atoms in total. The van der Waals surface area contributed by atoms with Gasteiger partial charge in [-0.3, -0.25) is 0 Å². The van der Waals surface area contributed by atoms with Crippen molar-refractivity contribution in [1.29, 1.82) is 0 Å². The molecule has 1 aromatic carbocycles. The highest BCUT2D eigenvalue weighted by Gasteiger charge is 2.42. The molecule has 0 fully saturated rings. The molecule has 0 aliphatic carbocycles. The van der Waals surface area contributed by atoms with Crippen LogP contribution in [0.15, 0.2) is 0 Å². The van der Waals surface area contributed by atoms with E-state index in [0.717, 1.165) is 0 Å². The Morgan fingerprint density at radius 1 is 0.950 bits per heavy atom. The summed E-state index contributed by atoms with van der Waals surface area (Å²) in [4.78, 5) is 1.76. The summed E-state index contributed by atoms with van der Waals surface area (Å²) in [6.45, 7) is 0.735. The van der Waals surface area contributed by atoms with Gasteiger partial charge >= 0.3 is 0 Å². The monoisotopic (exact) mass is 396 g/mol. The highest BCUT2D eigenvalue weighted by atomic mass is 35.5. The second kappa shape index (κ2) is 6.43. The van der Waals surface area contributed by atoms with Gasteiger partial charge < -0.3 is 14.8 Å². The van der Waals surface area contributed by atoms with Crippen LogP contribution in [0.25, 0.3) is 0 Å². The highest BCUT2D eigenvalue weighted by molar-refractivity contribution is 6.54. The second-order valence-corrected chi connectivity index (χ2v) is 6.62. The van der Waals surface area contributed by atoms with E-state index in [4.69, 9.17) is 69.6 Å². The van der Waals surface area contributed by atoms with E-state index >= 15 is 0 Å². The van der Waals surface area contributed by atoms with Gasteiger partial charge in [-0.1, -0.05) is 46.4 Å². The van der Waals surface area contributed by atoms with Gasteiger partial charge in [0.1, 0.15) is 10.7 Å². The zero-order chi connectivity index (χ0) is 15.1. The van der Waals surface area contributed by atoms with E-state index in [9.17, 15) is 5.21 Å². The van der Waals surface area contributed by atoms with Crippen molar-refractivity contribution in [2.24, 2.45) is 0 Å². The Labute approximate surface area is 147 Å². The van der Waals surface area contributed by atoms with Gasteiger partial charge in [0.05, 0.1) is 27.5 Å². The van der Waals surface area contributed by atoms with Crippen LogP contribution >= 0.6 is 69.6 Å². The summed E-state index contributed by atoms with van der Waals surface area (Å²) in [5.41, 5.74) is 0.795. The normalized spacial score (nSPS) is 21.4. The Morgan fingerprint density at radius 3 is 2.10 bits per heavy atom. The fourth-order valence-electron chi connectivity index (χ4n) is 2.29. The third kappa shape index (κ3) is 2.68. The molecule has 1 atom stereocenters. The number of benzene rings is 1. The number of nitrogens with zero attached hydrogens (tertiary/aromatic N) is 2. The summed E-state index contributed by atoms with van der Waals surface area (Å²) in [7, 11) is 0. The molecule has 9 heteroatoms. The first-order chi connectivity index (χ1) is 9.37. The molecule has 0 spiro atoms. The smallest absolute Gasteiger partial charge is 0.180 e. The lowest BCUT2D eigenvalue weighted by Gasteiger charge is -2.38. The summed E-state index contributed by atoms with van der Waals surface area (Å²) < 4.78 is -0.717. The van der Waals surface area contributed by atoms with Crippen LogP contribution in [0.3, 0.4) is 0 Å². The quantitative estimate of drug-likeness (QED) is 0.224. The maximum atomic E-state index is 13.0. The lowest BCUT2D eigenvalue weighted by atomic mass is 10.2. The van der Waals surface area contributed by atoms with Crippen molar-refractivity contribution in [2.45, 2.75) is 0 Å². The molecule has 0 radical (unpaired) electrons. The molecule has 0 saturated heterocycles. The number of hydrogen-bond acceptors (Lipinski definition) is 2. The highest BCUT2D eigenvalue weighted by Crippen LogP contribution is 2.55. The van der Waals surface area contributed by atoms with Crippen molar-refractivity contribution in [1.82, 2.24) is 4.65 Å². The lowest BCUT2D eigenvalue weighted by molar-refractivity contribution is 0.415. The second-order valence-electron chi connectivity index (χ2n) is 4.35. The maximum absolute atomic E-state index is 13.0. The van der Waals surface area contributed by atoms with E-state index in [1.54, 1.807) is 4.90 Å². The molecule has 1 aromatic rings. The Balaban J connectivity index is 2.69. The van der Waals surface area contributed by atoms with Crippen molar-refractivity contribution < 1.29 is 0 Å². The topological polar surface area (TPSA) is 26.3 Å². The summed E-state index contributed by atoms with van der Waals surface area (Å²) in [5, 5.41) is 13.5. The number of fused-ring (bicyclic) bond motifs is 1. The molecule has 0 bridgehead atoms. The predicted octanol–water partition coefficient (Wildman–Crippen LogP) is 5.36. The van der Waals surface area contributed by atoms with Crippen molar-refractivity contribution in [3.05, 3.63) is 25.3 Å². The van der Waals surface area contributed by atoms with Crippen LogP contribution in [0.5, 0.6) is 0 Å². The van der Waals surface area contributed by atoms with Crippen molar-refractivity contribution in [3.63, 3.8) is 0 Å². The van der Waals surface area contributed by atoms with Crippen LogP contribution in [0, 0.1) is 5.21 Å². The van der Waals surface area contributed by atoms with Crippen LogP contribution in [0.2, 0.25) is 20.1 Å². The molecule has 20 heavy (non-hydrogen) atoms. The zero-order valence-corrected chi connectivity index (χ0v) is 14.6. The Hall–Kier alpha value is 0.680. The van der Waals surface area contributed by atoms with Crippen molar-refractivity contribution >= 4 is 81.0 Å². The SMILES string of the molecule is [O-][N+]1(CCCl)CN(CCCl)c2c(Cl)c(Cl)c(Cl)c(Cl)c21. The number of halogens is 6. The van der Waals surface area contributed by atoms with Crippen molar-refractivity contribution in [3.8, 4) is 0 Å². The van der Waals surface area contributed by atoms with Crippen LogP contribution in [-0.2, 0) is 0 Å². The number of rotatable bonds is 4. The zero-order valence-electron chi connectivity index (χ0n) is 10.1. The molecule has 1 heterocycles. The molecular formula is C11H10Cl6N2O. The molecular weight excluding hydrogens is 389 g/mol. The van der Waals surface area contributed by atoms with E-state index in [-0.39, 0.29) is 39.2 Å². The molecule has 0 aromatic heterocycles. The minimum absolute atomic E-state index is 0.0812. The lowest BCUT2D eigenvalue weighted by Crippen LogP contribution is -2.47. The molecule has 0 amide bonds. The van der Waals surface area contributed by atoms with Crippen LogP contribution in [0.1, 0.15) is 0 Å². The average molecular weight is 399 g/mol. The largest absolute Gasteiger partial charge is 0.626 e. The molecule has 0 saturated carbocycles. The van der Waals surface area contributed by atoms with E-state index in [2.05, 4.69) is 0 Å². The first-order valence-electron chi connectivity index (χ1n) is 5.69. The van der Waals surface area contributed by atoms with Gasteiger partial charge in [0.15, 0.2) is 12.4 Å². The van der Waals surface area contributed by atoms with E-state index in [1.807, 2.05) is 0 Å². The molecule has 0 N–H and O–H groups in total. The Bertz CT molecular complexity index is 540. The summed E-state index contributed by atoms with van der Waals surface area (Å²) in [6.07, 6.45) is 0. The number of anilines is 1. The van der Waals surface area contributed by atoms with Crippen LogP contribution < -0.4 is 9.55 Å². The van der Waals surface area contributed by atoms with E-state index in [1.165, 1.54) is 0 Å². The Kier molecular flexibility index (Phi) is 5.48. The summed E-state index contributed by atoms with van der Waals surface area (Å²) in [6, 6.07) is 0. The van der Waals surface area contributed by atoms with E-state index in [0.29, 0.717) is 23.8 Å². The number of quaternary nitrogens is 1. The first-order valence-corrected chi connectivity index (χ1v) is 8.27. The van der Waals surface area contributed by atoms with Crippen LogP contribution in [-0.4, -0.2) is 31.5 Å². The minimum atomic E-state index is -0.717. The number of hydroxylamine groups is 2. The van der Waals surface area contributed by atoms with E-state index < -0.39 is 4.65 Å². The maximum Gasteiger partial charge on any atom is 0.180 e. The average Bonchev–Trinajstić information content (AvgIpc) is 2.67. The molecule has 112 valence electrons. The van der Waals surface area contributed by atoms with Gasteiger partial charge in [-0.05, 0) is 0 Å². The number of hydrogen-bond donors (Lipinski definition) is 0. The standard InChI is InChI=1S/C11H10Cl6N2O/c12-1-3-18-5-19(20,4-2-13)11-9(17)7(15)6(14)8(16)10(11)18/h1-5H2. The van der Waals surface area contributed by atoms with Gasteiger partial charge in [0.2, 0.25) is 0 Å². The third-order valence-corrected chi connectivity index (χ3v) is 5.26.